The Morgan fingerprint density at radius 1 is 1.20 bits per heavy atom. The van der Waals surface area contributed by atoms with Gasteiger partial charge in [-0.3, -0.25) is 4.79 Å². The maximum Gasteiger partial charge on any atom is 0.132 e. The molecule has 0 spiro atoms. The van der Waals surface area contributed by atoms with Crippen molar-refractivity contribution in [2.24, 2.45) is 5.41 Å². The standard InChI is InChI=1S/C12H24O3/c1-9(13)7-11(15)8-10(14)5-6-12(2,3)4/h10-11,14-15H,5-8H2,1-4H3. The van der Waals surface area contributed by atoms with Gasteiger partial charge in [-0.2, -0.15) is 0 Å². The minimum absolute atomic E-state index is 0.0366. The summed E-state index contributed by atoms with van der Waals surface area (Å²) < 4.78 is 0. The quantitative estimate of drug-likeness (QED) is 0.713. The number of carbonyl (C=O) groups is 1. The summed E-state index contributed by atoms with van der Waals surface area (Å²) in [6.07, 6.45) is 0.845. The highest BCUT2D eigenvalue weighted by molar-refractivity contribution is 5.75. The molecule has 0 fully saturated rings. The van der Waals surface area contributed by atoms with Crippen LogP contribution in [0.25, 0.3) is 0 Å². The van der Waals surface area contributed by atoms with Crippen LogP contribution in [0.4, 0.5) is 0 Å². The Morgan fingerprint density at radius 3 is 2.13 bits per heavy atom. The van der Waals surface area contributed by atoms with Gasteiger partial charge in [0.15, 0.2) is 0 Å². The zero-order valence-electron chi connectivity index (χ0n) is 10.3. The smallest absolute Gasteiger partial charge is 0.132 e. The molecule has 0 aromatic carbocycles. The second-order valence-corrected chi connectivity index (χ2v) is 5.55. The van der Waals surface area contributed by atoms with Crippen LogP contribution >= 0.6 is 0 Å². The van der Waals surface area contributed by atoms with E-state index in [1.807, 2.05) is 0 Å². The normalized spacial score (nSPS) is 16.1. The summed E-state index contributed by atoms with van der Waals surface area (Å²) in [5, 5.41) is 19.1. The van der Waals surface area contributed by atoms with Gasteiger partial charge in [-0.25, -0.2) is 0 Å². The molecule has 0 bridgehead atoms. The molecule has 15 heavy (non-hydrogen) atoms. The lowest BCUT2D eigenvalue weighted by Gasteiger charge is -2.21. The predicted octanol–water partition coefficient (Wildman–Crippen LogP) is 1.90. The van der Waals surface area contributed by atoms with E-state index in [1.54, 1.807) is 0 Å². The molecular weight excluding hydrogens is 192 g/mol. The molecular formula is C12H24O3. The number of hydrogen-bond acceptors (Lipinski definition) is 3. The van der Waals surface area contributed by atoms with Crippen molar-refractivity contribution in [3.63, 3.8) is 0 Å². The van der Waals surface area contributed by atoms with Crippen molar-refractivity contribution in [1.29, 1.82) is 0 Å². The van der Waals surface area contributed by atoms with Crippen molar-refractivity contribution in [3.8, 4) is 0 Å². The van der Waals surface area contributed by atoms with E-state index in [1.165, 1.54) is 6.92 Å². The molecule has 0 aliphatic carbocycles. The summed E-state index contributed by atoms with van der Waals surface area (Å²) in [5.74, 6) is -0.0366. The van der Waals surface area contributed by atoms with Gasteiger partial charge in [0.05, 0.1) is 12.2 Å². The van der Waals surface area contributed by atoms with Gasteiger partial charge < -0.3 is 10.2 Å². The van der Waals surface area contributed by atoms with Crippen molar-refractivity contribution in [3.05, 3.63) is 0 Å². The van der Waals surface area contributed by atoms with E-state index in [0.717, 1.165) is 6.42 Å². The SMILES string of the molecule is CC(=O)CC(O)CC(O)CCC(C)(C)C. The molecule has 0 radical (unpaired) electrons. The number of ketones is 1. The maximum absolute atomic E-state index is 10.7. The number of aliphatic hydroxyl groups excluding tert-OH is 2. The van der Waals surface area contributed by atoms with E-state index in [0.29, 0.717) is 12.8 Å². The first-order valence-electron chi connectivity index (χ1n) is 5.56. The zero-order chi connectivity index (χ0) is 12.1. The van der Waals surface area contributed by atoms with Crippen LogP contribution in [-0.4, -0.2) is 28.2 Å². The summed E-state index contributed by atoms with van der Waals surface area (Å²) in [6, 6.07) is 0. The largest absolute Gasteiger partial charge is 0.393 e. The average Bonchev–Trinajstić information content (AvgIpc) is 1.97. The Hall–Kier alpha value is -0.410. The van der Waals surface area contributed by atoms with Crippen LogP contribution in [0, 0.1) is 5.41 Å². The number of Topliss-reactive ketones (excluding diaryl/α,β-unsaturated/α-hetero) is 1. The van der Waals surface area contributed by atoms with Crippen LogP contribution in [0.2, 0.25) is 0 Å². The number of hydrogen-bond donors (Lipinski definition) is 2. The lowest BCUT2D eigenvalue weighted by molar-refractivity contribution is -0.119. The van der Waals surface area contributed by atoms with Crippen LogP contribution in [0.5, 0.6) is 0 Å². The van der Waals surface area contributed by atoms with E-state index >= 15 is 0 Å². The van der Waals surface area contributed by atoms with Gasteiger partial charge in [0, 0.05) is 6.42 Å². The molecule has 0 aromatic heterocycles. The molecule has 0 amide bonds. The summed E-state index contributed by atoms with van der Waals surface area (Å²) >= 11 is 0. The molecule has 3 nitrogen and oxygen atoms in total. The van der Waals surface area contributed by atoms with Crippen molar-refractivity contribution in [2.75, 3.05) is 0 Å². The van der Waals surface area contributed by atoms with Gasteiger partial charge in [0.1, 0.15) is 5.78 Å². The van der Waals surface area contributed by atoms with E-state index in [4.69, 9.17) is 0 Å². The highest BCUT2D eigenvalue weighted by atomic mass is 16.3. The van der Waals surface area contributed by atoms with Gasteiger partial charge >= 0.3 is 0 Å². The predicted molar refractivity (Wildman–Crippen MR) is 60.6 cm³/mol. The lowest BCUT2D eigenvalue weighted by atomic mass is 9.88. The minimum atomic E-state index is -0.697. The molecule has 2 N–H and O–H groups in total. The van der Waals surface area contributed by atoms with Gasteiger partial charge in [0.2, 0.25) is 0 Å². The molecule has 0 saturated heterocycles. The topological polar surface area (TPSA) is 57.5 Å². The molecule has 3 heteroatoms. The summed E-state index contributed by atoms with van der Waals surface area (Å²) in [5.41, 5.74) is 0.201. The van der Waals surface area contributed by atoms with Crippen LogP contribution in [0.1, 0.15) is 53.4 Å². The third-order valence-electron chi connectivity index (χ3n) is 2.29. The maximum atomic E-state index is 10.7. The third-order valence-corrected chi connectivity index (χ3v) is 2.29. The Balaban J connectivity index is 3.73. The first-order valence-corrected chi connectivity index (χ1v) is 5.56. The average molecular weight is 216 g/mol. The van der Waals surface area contributed by atoms with Crippen molar-refractivity contribution in [1.82, 2.24) is 0 Å². The molecule has 2 unspecified atom stereocenters. The van der Waals surface area contributed by atoms with Crippen LogP contribution < -0.4 is 0 Å². The van der Waals surface area contributed by atoms with Crippen molar-refractivity contribution < 1.29 is 15.0 Å². The van der Waals surface area contributed by atoms with Crippen molar-refractivity contribution in [2.45, 2.75) is 65.6 Å². The second-order valence-electron chi connectivity index (χ2n) is 5.55. The minimum Gasteiger partial charge on any atom is -0.393 e. The zero-order valence-corrected chi connectivity index (χ0v) is 10.3. The molecule has 0 aromatic rings. The van der Waals surface area contributed by atoms with Gasteiger partial charge in [-0.15, -0.1) is 0 Å². The summed E-state index contributed by atoms with van der Waals surface area (Å²) in [7, 11) is 0. The molecule has 0 heterocycles. The fourth-order valence-electron chi connectivity index (χ4n) is 1.45. The van der Waals surface area contributed by atoms with Gasteiger partial charge in [-0.05, 0) is 31.6 Å². The molecule has 0 aliphatic rings. The molecule has 0 saturated carbocycles. The molecule has 0 rings (SSSR count). The first-order chi connectivity index (χ1) is 6.70. The Bertz CT molecular complexity index is 194. The van der Waals surface area contributed by atoms with Gasteiger partial charge in [0.25, 0.3) is 0 Å². The monoisotopic (exact) mass is 216 g/mol. The first kappa shape index (κ1) is 14.6. The third kappa shape index (κ3) is 9.88. The highest BCUT2D eigenvalue weighted by Crippen LogP contribution is 2.22. The molecule has 90 valence electrons. The summed E-state index contributed by atoms with van der Waals surface area (Å²) in [4.78, 5) is 10.7. The van der Waals surface area contributed by atoms with E-state index in [2.05, 4.69) is 20.8 Å². The van der Waals surface area contributed by atoms with E-state index < -0.39 is 12.2 Å². The lowest BCUT2D eigenvalue weighted by Crippen LogP contribution is -2.21. The van der Waals surface area contributed by atoms with Gasteiger partial charge in [-0.1, -0.05) is 20.8 Å². The Morgan fingerprint density at radius 2 is 1.73 bits per heavy atom. The second kappa shape index (κ2) is 6.23. The highest BCUT2D eigenvalue weighted by Gasteiger charge is 2.17. The fourth-order valence-corrected chi connectivity index (χ4v) is 1.45. The Kier molecular flexibility index (Phi) is 6.06. The Labute approximate surface area is 92.5 Å². The van der Waals surface area contributed by atoms with Crippen LogP contribution in [0.15, 0.2) is 0 Å². The molecule has 2 atom stereocenters. The van der Waals surface area contributed by atoms with E-state index in [-0.39, 0.29) is 17.6 Å². The number of rotatable bonds is 6. The van der Waals surface area contributed by atoms with Crippen LogP contribution in [0.3, 0.4) is 0 Å². The number of carbonyl (C=O) groups excluding carboxylic acids is 1. The molecule has 0 aliphatic heterocycles. The fraction of sp³-hybridized carbons (Fsp3) is 0.917. The van der Waals surface area contributed by atoms with Crippen molar-refractivity contribution >= 4 is 5.78 Å². The number of aliphatic hydroxyl groups is 2. The van der Waals surface area contributed by atoms with Crippen LogP contribution in [-0.2, 0) is 4.79 Å². The summed E-state index contributed by atoms with van der Waals surface area (Å²) in [6.45, 7) is 7.80. The van der Waals surface area contributed by atoms with E-state index in [9.17, 15) is 15.0 Å².